The van der Waals surface area contributed by atoms with E-state index in [0.717, 1.165) is 0 Å². The van der Waals surface area contributed by atoms with E-state index in [2.05, 4.69) is 29.6 Å². The van der Waals surface area contributed by atoms with Crippen LogP contribution in [0.4, 0.5) is 0 Å². The van der Waals surface area contributed by atoms with E-state index < -0.39 is 24.1 Å². The van der Waals surface area contributed by atoms with Crippen LogP contribution in [-0.2, 0) is 28.7 Å². The Kier molecular flexibility index (Phi) is 4.02. The van der Waals surface area contributed by atoms with Gasteiger partial charge in [0.05, 0.1) is 14.2 Å². The molecule has 12 heteroatoms. The number of rotatable bonds is 4. The highest BCUT2D eigenvalue weighted by molar-refractivity contribution is 6.11. The molecule has 3 rings (SSSR count). The lowest BCUT2D eigenvalue weighted by molar-refractivity contribution is -0.803. The molecule has 0 saturated carbocycles. The van der Waals surface area contributed by atoms with Crippen molar-refractivity contribution in [1.29, 1.82) is 0 Å². The molecular weight excluding hydrogens is 328 g/mol. The number of ether oxygens (including phenoxy) is 2. The molecule has 0 bridgehead atoms. The highest BCUT2D eigenvalue weighted by atomic mass is 16.8. The Bertz CT molecular complexity index is 739. The van der Waals surface area contributed by atoms with Gasteiger partial charge in [-0.3, -0.25) is 4.63 Å². The number of nitrogens with zero attached hydrogens (tertiary/aromatic N) is 4. The van der Waals surface area contributed by atoms with Gasteiger partial charge in [0.2, 0.25) is 12.2 Å². The largest absolute Gasteiger partial charge is 0.466 e. The average Bonchev–Trinajstić information content (AvgIpc) is 3.31. The van der Waals surface area contributed by atoms with Gasteiger partial charge in [0, 0.05) is 18.0 Å². The van der Waals surface area contributed by atoms with E-state index >= 15 is 0 Å². The molecule has 1 aromatic rings. The van der Waals surface area contributed by atoms with Crippen LogP contribution in [0.3, 0.4) is 0 Å². The average molecular weight is 340 g/mol. The van der Waals surface area contributed by atoms with Gasteiger partial charge in [0.15, 0.2) is 0 Å². The zero-order valence-corrected chi connectivity index (χ0v) is 12.6. The molecular formula is C12H12N4O8. The Morgan fingerprint density at radius 3 is 2.21 bits per heavy atom. The zero-order chi connectivity index (χ0) is 17.3. The lowest BCUT2D eigenvalue weighted by atomic mass is 10.0. The van der Waals surface area contributed by atoms with Gasteiger partial charge in [0.25, 0.3) is 11.4 Å². The smallest absolute Gasteiger partial charge is 0.350 e. The molecule has 24 heavy (non-hydrogen) atoms. The second-order valence-electron chi connectivity index (χ2n) is 4.85. The topological polar surface area (TPSA) is 149 Å². The number of esters is 2. The summed E-state index contributed by atoms with van der Waals surface area (Å²) >= 11 is 0. The first-order chi connectivity index (χ1) is 11.5. The summed E-state index contributed by atoms with van der Waals surface area (Å²) in [7, 11) is 2.42. The molecule has 0 fully saturated rings. The molecule has 2 atom stereocenters. The van der Waals surface area contributed by atoms with E-state index in [1.807, 2.05) is 0 Å². The van der Waals surface area contributed by atoms with Gasteiger partial charge in [-0.1, -0.05) is 10.3 Å². The molecule has 0 radical (unpaired) electrons. The van der Waals surface area contributed by atoms with Crippen molar-refractivity contribution in [2.75, 3.05) is 14.2 Å². The van der Waals surface area contributed by atoms with Crippen LogP contribution in [0.25, 0.3) is 0 Å². The van der Waals surface area contributed by atoms with Gasteiger partial charge < -0.3 is 24.4 Å². The minimum absolute atomic E-state index is 0.00229. The SMILES string of the molecule is COC(=O)C1CC(c2no[n+]([O-])c2C2=NOC(C(=O)OC)C2)=NO1. The summed E-state index contributed by atoms with van der Waals surface area (Å²) < 4.78 is 13.7. The van der Waals surface area contributed by atoms with Crippen molar-refractivity contribution in [2.24, 2.45) is 10.3 Å². The first-order valence-electron chi connectivity index (χ1n) is 6.76. The van der Waals surface area contributed by atoms with Crippen LogP contribution in [-0.4, -0.2) is 54.9 Å². The van der Waals surface area contributed by atoms with E-state index in [-0.39, 0.29) is 40.6 Å². The van der Waals surface area contributed by atoms with Crippen LogP contribution in [0, 0.1) is 5.21 Å². The van der Waals surface area contributed by atoms with E-state index in [9.17, 15) is 14.8 Å². The van der Waals surface area contributed by atoms with Crippen LogP contribution in [0.15, 0.2) is 14.9 Å². The summed E-state index contributed by atoms with van der Waals surface area (Å²) in [5, 5.41) is 22.9. The van der Waals surface area contributed by atoms with Crippen LogP contribution >= 0.6 is 0 Å². The van der Waals surface area contributed by atoms with E-state index in [4.69, 9.17) is 9.68 Å². The molecule has 128 valence electrons. The van der Waals surface area contributed by atoms with Gasteiger partial charge in [0.1, 0.15) is 11.4 Å². The monoisotopic (exact) mass is 340 g/mol. The molecule has 0 saturated heterocycles. The number of carbonyl (C=O) groups excluding carboxylic acids is 2. The summed E-state index contributed by atoms with van der Waals surface area (Å²) in [5.41, 5.74) is 0.322. The van der Waals surface area contributed by atoms with E-state index in [1.165, 1.54) is 14.2 Å². The molecule has 2 aliphatic rings. The third-order valence-corrected chi connectivity index (χ3v) is 3.43. The number of methoxy groups -OCH3 is 2. The fourth-order valence-electron chi connectivity index (χ4n) is 2.23. The van der Waals surface area contributed by atoms with Crippen molar-refractivity contribution >= 4 is 23.4 Å². The quantitative estimate of drug-likeness (QED) is 0.478. The Morgan fingerprint density at radius 1 is 1.08 bits per heavy atom. The second kappa shape index (κ2) is 6.14. The third-order valence-electron chi connectivity index (χ3n) is 3.43. The van der Waals surface area contributed by atoms with E-state index in [1.54, 1.807) is 0 Å². The predicted molar refractivity (Wildman–Crippen MR) is 71.5 cm³/mol. The van der Waals surface area contributed by atoms with Gasteiger partial charge in [-0.05, 0) is 4.90 Å². The normalized spacial score (nSPS) is 22.2. The maximum absolute atomic E-state index is 11.8. The molecule has 1 aromatic heterocycles. The Balaban J connectivity index is 1.81. The van der Waals surface area contributed by atoms with Gasteiger partial charge in [-0.25, -0.2) is 9.59 Å². The summed E-state index contributed by atoms with van der Waals surface area (Å²) in [6.07, 6.45) is -1.85. The van der Waals surface area contributed by atoms with E-state index in [0.29, 0.717) is 0 Å². The van der Waals surface area contributed by atoms with Crippen molar-refractivity contribution in [1.82, 2.24) is 5.16 Å². The number of aromatic nitrogens is 2. The molecule has 0 N–H and O–H groups in total. The molecule has 0 amide bonds. The zero-order valence-electron chi connectivity index (χ0n) is 12.6. The maximum Gasteiger partial charge on any atom is 0.350 e. The predicted octanol–water partition coefficient (Wildman–Crippen LogP) is -1.36. The van der Waals surface area contributed by atoms with Crippen LogP contribution in [0.2, 0.25) is 0 Å². The summed E-state index contributed by atoms with van der Waals surface area (Å²) in [5.74, 6) is -1.24. The molecule has 0 aliphatic carbocycles. The molecule has 0 aromatic carbocycles. The van der Waals surface area contributed by atoms with Crippen molar-refractivity contribution < 1.29 is 38.3 Å². The van der Waals surface area contributed by atoms with Crippen LogP contribution < -0.4 is 4.90 Å². The number of hydrogen-bond acceptors (Lipinski definition) is 11. The molecule has 0 spiro atoms. The standard InChI is InChI=1S/C12H12N4O8/c1-20-11(17)7-3-5(13-22-7)9-10(16(19)24-15-9)6-4-8(23-14-6)12(18)21-2/h7-8H,3-4H2,1-2H3. The third kappa shape index (κ3) is 2.61. The fourth-order valence-corrected chi connectivity index (χ4v) is 2.23. The lowest BCUT2D eigenvalue weighted by Crippen LogP contribution is -2.33. The minimum atomic E-state index is -0.961. The minimum Gasteiger partial charge on any atom is -0.466 e. The Hall–Kier alpha value is -3.18. The Morgan fingerprint density at radius 2 is 1.62 bits per heavy atom. The maximum atomic E-state index is 11.8. The first-order valence-corrected chi connectivity index (χ1v) is 6.76. The molecule has 2 aliphatic heterocycles. The number of carbonyl (C=O) groups is 2. The molecule has 2 unspecified atom stereocenters. The highest BCUT2D eigenvalue weighted by Crippen LogP contribution is 2.22. The van der Waals surface area contributed by atoms with Gasteiger partial charge >= 0.3 is 11.9 Å². The van der Waals surface area contributed by atoms with Crippen molar-refractivity contribution in [2.45, 2.75) is 25.0 Å². The molecule has 3 heterocycles. The fraction of sp³-hybridized carbons (Fsp3) is 0.500. The first kappa shape index (κ1) is 15.7. The Labute approximate surface area is 134 Å². The van der Waals surface area contributed by atoms with Crippen LogP contribution in [0.5, 0.6) is 0 Å². The van der Waals surface area contributed by atoms with Gasteiger partial charge in [-0.15, -0.1) is 0 Å². The summed E-state index contributed by atoms with van der Waals surface area (Å²) in [6.45, 7) is 0. The second-order valence-corrected chi connectivity index (χ2v) is 4.85. The highest BCUT2D eigenvalue weighted by Gasteiger charge is 2.40. The summed E-state index contributed by atoms with van der Waals surface area (Å²) in [4.78, 5) is 32.9. The number of hydrogen-bond donors (Lipinski definition) is 0. The van der Waals surface area contributed by atoms with Crippen molar-refractivity contribution in [3.8, 4) is 0 Å². The van der Waals surface area contributed by atoms with Crippen molar-refractivity contribution in [3.05, 3.63) is 16.6 Å². The lowest BCUT2D eigenvalue weighted by Gasteiger charge is -2.03. The number of oxime groups is 2. The van der Waals surface area contributed by atoms with Crippen LogP contribution in [0.1, 0.15) is 24.2 Å². The molecule has 12 nitrogen and oxygen atoms in total. The van der Waals surface area contributed by atoms with Crippen molar-refractivity contribution in [3.63, 3.8) is 0 Å². The van der Waals surface area contributed by atoms with Gasteiger partial charge in [-0.2, -0.15) is 0 Å². The summed E-state index contributed by atoms with van der Waals surface area (Å²) in [6, 6.07) is 0.